The van der Waals surface area contributed by atoms with E-state index in [0.717, 1.165) is 12.1 Å². The number of hydrogen-bond donors (Lipinski definition) is 1. The molecule has 1 aromatic heterocycles. The summed E-state index contributed by atoms with van der Waals surface area (Å²) < 4.78 is 1.61. The van der Waals surface area contributed by atoms with Crippen molar-refractivity contribution in [2.24, 2.45) is 0 Å². The zero-order valence-electron chi connectivity index (χ0n) is 14.9. The molecule has 3 rings (SSSR count). The van der Waals surface area contributed by atoms with Crippen LogP contribution in [0.15, 0.2) is 58.5 Å². The van der Waals surface area contributed by atoms with E-state index in [4.69, 9.17) is 0 Å². The van der Waals surface area contributed by atoms with Gasteiger partial charge >= 0.3 is 0 Å². The van der Waals surface area contributed by atoms with Gasteiger partial charge in [-0.2, -0.15) is 0 Å². The second-order valence-electron chi connectivity index (χ2n) is 5.85. The molecule has 0 spiro atoms. The average Bonchev–Trinajstić information content (AvgIpc) is 2.67. The van der Waals surface area contributed by atoms with Gasteiger partial charge in [0.15, 0.2) is 5.16 Å². The molecule has 2 aromatic carbocycles. The van der Waals surface area contributed by atoms with E-state index in [9.17, 15) is 9.59 Å². The lowest BCUT2D eigenvalue weighted by atomic mass is 10.1. The van der Waals surface area contributed by atoms with Crippen LogP contribution in [0.5, 0.6) is 0 Å². The predicted octanol–water partition coefficient (Wildman–Crippen LogP) is 3.71. The molecule has 0 fully saturated rings. The minimum Gasteiger partial charge on any atom is -0.325 e. The van der Waals surface area contributed by atoms with Gasteiger partial charge in [-0.05, 0) is 43.2 Å². The third kappa shape index (κ3) is 3.96. The van der Waals surface area contributed by atoms with Crippen LogP contribution in [0.1, 0.15) is 19.4 Å². The number of anilines is 1. The highest BCUT2D eigenvalue weighted by molar-refractivity contribution is 7.99. The van der Waals surface area contributed by atoms with E-state index in [1.807, 2.05) is 49.4 Å². The molecule has 0 bridgehead atoms. The zero-order chi connectivity index (χ0) is 18.5. The van der Waals surface area contributed by atoms with Gasteiger partial charge in [0.1, 0.15) is 0 Å². The Morgan fingerprint density at radius 1 is 1.12 bits per heavy atom. The smallest absolute Gasteiger partial charge is 0.262 e. The number of hydrogen-bond acceptors (Lipinski definition) is 4. The van der Waals surface area contributed by atoms with Crippen molar-refractivity contribution < 1.29 is 4.79 Å². The lowest BCUT2D eigenvalue weighted by Crippen LogP contribution is -2.23. The summed E-state index contributed by atoms with van der Waals surface area (Å²) >= 11 is 1.28. The maximum Gasteiger partial charge on any atom is 0.262 e. The van der Waals surface area contributed by atoms with Crippen LogP contribution in [0.2, 0.25) is 0 Å². The van der Waals surface area contributed by atoms with Crippen LogP contribution in [-0.2, 0) is 17.8 Å². The van der Waals surface area contributed by atoms with E-state index < -0.39 is 0 Å². The van der Waals surface area contributed by atoms with Crippen molar-refractivity contribution in [2.45, 2.75) is 32.0 Å². The summed E-state index contributed by atoms with van der Waals surface area (Å²) in [5.74, 6) is 0.0737. The molecule has 1 N–H and O–H groups in total. The molecule has 26 heavy (non-hydrogen) atoms. The quantitative estimate of drug-likeness (QED) is 0.533. The van der Waals surface area contributed by atoms with E-state index in [1.165, 1.54) is 17.3 Å². The fourth-order valence-electron chi connectivity index (χ4n) is 2.69. The number of carbonyl (C=O) groups excluding carboxylic acids is 1. The fourth-order valence-corrected chi connectivity index (χ4v) is 3.55. The van der Waals surface area contributed by atoms with Gasteiger partial charge < -0.3 is 5.32 Å². The molecule has 6 heteroatoms. The summed E-state index contributed by atoms with van der Waals surface area (Å²) in [6.45, 7) is 4.50. The monoisotopic (exact) mass is 367 g/mol. The Balaban J connectivity index is 1.74. The molecule has 0 unspecified atom stereocenters. The van der Waals surface area contributed by atoms with Gasteiger partial charge in [-0.25, -0.2) is 4.98 Å². The molecule has 0 radical (unpaired) electrons. The molecule has 3 aromatic rings. The summed E-state index contributed by atoms with van der Waals surface area (Å²) in [6, 6.07) is 15.1. The maximum atomic E-state index is 12.6. The van der Waals surface area contributed by atoms with E-state index >= 15 is 0 Å². The minimum atomic E-state index is -0.121. The molecule has 1 amide bonds. The fraction of sp³-hybridized carbons (Fsp3) is 0.250. The average molecular weight is 367 g/mol. The van der Waals surface area contributed by atoms with Crippen LogP contribution in [0, 0.1) is 0 Å². The van der Waals surface area contributed by atoms with Gasteiger partial charge in [-0.3, -0.25) is 14.2 Å². The molecule has 0 aliphatic carbocycles. The molecule has 1 heterocycles. The molecule has 0 saturated heterocycles. The van der Waals surface area contributed by atoms with Crippen LogP contribution >= 0.6 is 11.8 Å². The van der Waals surface area contributed by atoms with Gasteiger partial charge in [0.25, 0.3) is 5.56 Å². The van der Waals surface area contributed by atoms with Crippen molar-refractivity contribution in [3.63, 3.8) is 0 Å². The number of thioether (sulfide) groups is 1. The Bertz CT molecular complexity index is 981. The highest BCUT2D eigenvalue weighted by Gasteiger charge is 2.12. The number of para-hydroxylation sites is 1. The summed E-state index contributed by atoms with van der Waals surface area (Å²) in [5.41, 5.74) is 2.58. The number of nitrogens with zero attached hydrogens (tertiary/aromatic N) is 2. The first kappa shape index (κ1) is 18.2. The number of benzene rings is 2. The normalized spacial score (nSPS) is 10.8. The Labute approximate surface area is 156 Å². The number of nitrogens with one attached hydrogen (secondary N) is 1. The molecule has 0 saturated carbocycles. The van der Waals surface area contributed by atoms with Crippen molar-refractivity contribution in [1.29, 1.82) is 0 Å². The Hall–Kier alpha value is -2.60. The van der Waals surface area contributed by atoms with Gasteiger partial charge in [-0.1, -0.05) is 43.0 Å². The lowest BCUT2D eigenvalue weighted by Gasteiger charge is -2.11. The first-order chi connectivity index (χ1) is 12.6. The van der Waals surface area contributed by atoms with Crippen LogP contribution in [0.3, 0.4) is 0 Å². The highest BCUT2D eigenvalue weighted by Crippen LogP contribution is 2.18. The SMILES string of the molecule is CCc1ccc(NC(=O)CSc2nc3ccccc3c(=O)n2CC)cc1. The maximum absolute atomic E-state index is 12.6. The van der Waals surface area contributed by atoms with Crippen molar-refractivity contribution in [3.05, 3.63) is 64.4 Å². The number of carbonyl (C=O) groups is 1. The molecule has 0 aliphatic rings. The molecule has 134 valence electrons. The minimum absolute atomic E-state index is 0.0730. The van der Waals surface area contributed by atoms with Crippen LogP contribution in [-0.4, -0.2) is 21.2 Å². The van der Waals surface area contributed by atoms with Crippen LogP contribution in [0.25, 0.3) is 10.9 Å². The molecule has 5 nitrogen and oxygen atoms in total. The van der Waals surface area contributed by atoms with E-state index in [2.05, 4.69) is 17.2 Å². The van der Waals surface area contributed by atoms with Crippen LogP contribution < -0.4 is 10.9 Å². The molecule has 0 atom stereocenters. The highest BCUT2D eigenvalue weighted by atomic mass is 32.2. The number of fused-ring (bicyclic) bond motifs is 1. The summed E-state index contributed by atoms with van der Waals surface area (Å²) in [7, 11) is 0. The van der Waals surface area contributed by atoms with Crippen LogP contribution in [0.4, 0.5) is 5.69 Å². The topological polar surface area (TPSA) is 64.0 Å². The van der Waals surface area contributed by atoms with Crippen molar-refractivity contribution in [1.82, 2.24) is 9.55 Å². The third-order valence-corrected chi connectivity index (χ3v) is 5.10. The molecular formula is C20H21N3O2S. The number of amides is 1. The lowest BCUT2D eigenvalue weighted by molar-refractivity contribution is -0.113. The van der Waals surface area contributed by atoms with Gasteiger partial charge in [0.2, 0.25) is 5.91 Å². The van der Waals surface area contributed by atoms with E-state index in [-0.39, 0.29) is 17.2 Å². The van der Waals surface area contributed by atoms with Gasteiger partial charge in [0, 0.05) is 12.2 Å². The Kier molecular flexibility index (Phi) is 5.73. The number of rotatable bonds is 6. The Morgan fingerprint density at radius 3 is 2.54 bits per heavy atom. The summed E-state index contributed by atoms with van der Waals surface area (Å²) in [6.07, 6.45) is 0.965. The summed E-state index contributed by atoms with van der Waals surface area (Å²) in [5, 5.41) is 4.04. The zero-order valence-corrected chi connectivity index (χ0v) is 15.7. The third-order valence-electron chi connectivity index (χ3n) is 4.12. The second-order valence-corrected chi connectivity index (χ2v) is 6.79. The first-order valence-corrected chi connectivity index (χ1v) is 9.62. The van der Waals surface area contributed by atoms with Gasteiger partial charge in [-0.15, -0.1) is 0 Å². The van der Waals surface area contributed by atoms with Crippen molar-refractivity contribution in [2.75, 3.05) is 11.1 Å². The summed E-state index contributed by atoms with van der Waals surface area (Å²) in [4.78, 5) is 29.4. The first-order valence-electron chi connectivity index (χ1n) is 8.63. The second kappa shape index (κ2) is 8.19. The number of aromatic nitrogens is 2. The van der Waals surface area contributed by atoms with E-state index in [1.54, 1.807) is 10.6 Å². The Morgan fingerprint density at radius 2 is 1.85 bits per heavy atom. The largest absolute Gasteiger partial charge is 0.325 e. The molecular weight excluding hydrogens is 346 g/mol. The van der Waals surface area contributed by atoms with Crippen molar-refractivity contribution >= 4 is 34.3 Å². The predicted molar refractivity (Wildman–Crippen MR) is 107 cm³/mol. The van der Waals surface area contributed by atoms with E-state index in [0.29, 0.717) is 22.6 Å². The number of aryl methyl sites for hydroxylation is 1. The molecule has 0 aliphatic heterocycles. The standard InChI is InChI=1S/C20H21N3O2S/c1-3-14-9-11-15(12-10-14)21-18(24)13-26-20-22-17-8-6-5-7-16(17)19(25)23(20)4-2/h5-12H,3-4,13H2,1-2H3,(H,21,24). The van der Waals surface area contributed by atoms with Crippen molar-refractivity contribution in [3.8, 4) is 0 Å². The van der Waals surface area contributed by atoms with Gasteiger partial charge in [0.05, 0.1) is 16.7 Å².